The van der Waals surface area contributed by atoms with Gasteiger partial charge >= 0.3 is 0 Å². The summed E-state index contributed by atoms with van der Waals surface area (Å²) in [6, 6.07) is 19.1. The van der Waals surface area contributed by atoms with Gasteiger partial charge < -0.3 is 19.6 Å². The summed E-state index contributed by atoms with van der Waals surface area (Å²) in [5, 5.41) is 6.57. The average Bonchev–Trinajstić information content (AvgIpc) is 2.79. The summed E-state index contributed by atoms with van der Waals surface area (Å²) in [4.78, 5) is 17.0. The van der Waals surface area contributed by atoms with Crippen molar-refractivity contribution in [1.82, 2.24) is 0 Å². The van der Waals surface area contributed by atoms with Gasteiger partial charge in [-0.3, -0.25) is 4.79 Å². The molecule has 0 saturated heterocycles. The predicted octanol–water partition coefficient (Wildman–Crippen LogP) is 5.10. The molecule has 3 aromatic rings. The maximum absolute atomic E-state index is 13.8. The molecular formula is C25H25FN2O4. The van der Waals surface area contributed by atoms with Gasteiger partial charge in [0, 0.05) is 16.8 Å². The number of carbonyl (C=O) groups excluding carboxylic acids is 1. The molecule has 0 aliphatic heterocycles. The lowest BCUT2D eigenvalue weighted by Gasteiger charge is -2.13. The van der Waals surface area contributed by atoms with Gasteiger partial charge in [0.05, 0.1) is 12.8 Å². The Balaban J connectivity index is 1.54. The van der Waals surface area contributed by atoms with E-state index in [1.165, 1.54) is 12.3 Å². The van der Waals surface area contributed by atoms with Crippen LogP contribution in [0, 0.1) is 12.7 Å². The summed E-state index contributed by atoms with van der Waals surface area (Å²) in [6.45, 7) is 4.14. The molecule has 1 N–H and O–H groups in total. The summed E-state index contributed by atoms with van der Waals surface area (Å²) >= 11 is 0. The fourth-order valence-corrected chi connectivity index (χ4v) is 2.79. The SMILES string of the molecule is CCOc1cc(/C=N/OCC(=O)Nc2ccc(C)cc2)ccc1OCc1ccccc1F. The van der Waals surface area contributed by atoms with Crippen LogP contribution in [0.15, 0.2) is 71.9 Å². The minimum Gasteiger partial charge on any atom is -0.490 e. The molecule has 0 aliphatic carbocycles. The second-order valence-corrected chi connectivity index (χ2v) is 6.94. The van der Waals surface area contributed by atoms with Crippen molar-refractivity contribution in [2.45, 2.75) is 20.5 Å². The van der Waals surface area contributed by atoms with Crippen LogP contribution in [0.1, 0.15) is 23.6 Å². The summed E-state index contributed by atoms with van der Waals surface area (Å²) < 4.78 is 25.2. The zero-order valence-electron chi connectivity index (χ0n) is 18.0. The van der Waals surface area contributed by atoms with Gasteiger partial charge in [0.2, 0.25) is 0 Å². The molecule has 0 spiro atoms. The number of halogens is 1. The van der Waals surface area contributed by atoms with Crippen molar-refractivity contribution >= 4 is 17.8 Å². The van der Waals surface area contributed by atoms with Gasteiger partial charge in [0.1, 0.15) is 12.4 Å². The fraction of sp³-hybridized carbons (Fsp3) is 0.200. The smallest absolute Gasteiger partial charge is 0.265 e. The van der Waals surface area contributed by atoms with Gasteiger partial charge in [-0.05, 0) is 50.2 Å². The van der Waals surface area contributed by atoms with Crippen molar-refractivity contribution in [3.8, 4) is 11.5 Å². The molecule has 7 heteroatoms. The molecule has 32 heavy (non-hydrogen) atoms. The molecule has 1 amide bonds. The molecule has 0 saturated carbocycles. The number of anilines is 1. The highest BCUT2D eigenvalue weighted by Crippen LogP contribution is 2.29. The van der Waals surface area contributed by atoms with Crippen LogP contribution < -0.4 is 14.8 Å². The first kappa shape index (κ1) is 22.8. The minimum atomic E-state index is -0.322. The number of carbonyl (C=O) groups is 1. The van der Waals surface area contributed by atoms with Crippen LogP contribution in [0.5, 0.6) is 11.5 Å². The lowest BCUT2D eigenvalue weighted by Crippen LogP contribution is -2.16. The normalized spacial score (nSPS) is 10.7. The molecule has 3 aromatic carbocycles. The van der Waals surface area contributed by atoms with Crippen molar-refractivity contribution < 1.29 is 23.5 Å². The number of aryl methyl sites for hydroxylation is 1. The molecule has 0 heterocycles. The van der Waals surface area contributed by atoms with Crippen molar-refractivity contribution in [2.24, 2.45) is 5.16 Å². The Morgan fingerprint density at radius 2 is 1.81 bits per heavy atom. The zero-order chi connectivity index (χ0) is 22.8. The van der Waals surface area contributed by atoms with Crippen molar-refractivity contribution in [3.63, 3.8) is 0 Å². The number of hydrogen-bond acceptors (Lipinski definition) is 5. The Labute approximate surface area is 186 Å². The highest BCUT2D eigenvalue weighted by molar-refractivity contribution is 5.91. The van der Waals surface area contributed by atoms with Crippen LogP contribution in [-0.2, 0) is 16.2 Å². The molecule has 0 fully saturated rings. The van der Waals surface area contributed by atoms with Gasteiger partial charge in [0.15, 0.2) is 18.1 Å². The van der Waals surface area contributed by atoms with E-state index in [9.17, 15) is 9.18 Å². The van der Waals surface area contributed by atoms with Crippen molar-refractivity contribution in [2.75, 3.05) is 18.5 Å². The first-order valence-electron chi connectivity index (χ1n) is 10.2. The lowest BCUT2D eigenvalue weighted by molar-refractivity contribution is -0.120. The molecule has 0 unspecified atom stereocenters. The van der Waals surface area contributed by atoms with Crippen LogP contribution in [0.25, 0.3) is 0 Å². The number of hydrogen-bond donors (Lipinski definition) is 1. The zero-order valence-corrected chi connectivity index (χ0v) is 18.0. The van der Waals surface area contributed by atoms with E-state index in [1.54, 1.807) is 36.4 Å². The fourth-order valence-electron chi connectivity index (χ4n) is 2.79. The highest BCUT2D eigenvalue weighted by atomic mass is 19.1. The van der Waals surface area contributed by atoms with Gasteiger partial charge in [-0.15, -0.1) is 0 Å². The number of benzene rings is 3. The van der Waals surface area contributed by atoms with Crippen molar-refractivity contribution in [1.29, 1.82) is 0 Å². The molecule has 6 nitrogen and oxygen atoms in total. The molecule has 0 atom stereocenters. The molecule has 3 rings (SSSR count). The lowest BCUT2D eigenvalue weighted by atomic mass is 10.2. The number of nitrogens with zero attached hydrogens (tertiary/aromatic N) is 1. The molecule has 0 radical (unpaired) electrons. The summed E-state index contributed by atoms with van der Waals surface area (Å²) in [5.41, 5.74) is 2.96. The number of nitrogens with one attached hydrogen (secondary N) is 1. The van der Waals surface area contributed by atoms with Gasteiger partial charge in [-0.25, -0.2) is 4.39 Å². The minimum absolute atomic E-state index is 0.0827. The van der Waals surface area contributed by atoms with E-state index < -0.39 is 0 Å². The topological polar surface area (TPSA) is 69.2 Å². The summed E-state index contributed by atoms with van der Waals surface area (Å²) in [7, 11) is 0. The van der Waals surface area contributed by atoms with E-state index in [4.69, 9.17) is 14.3 Å². The quantitative estimate of drug-likeness (QED) is 0.355. The molecule has 166 valence electrons. The average molecular weight is 436 g/mol. The van der Waals surface area contributed by atoms with Crippen LogP contribution in [0.2, 0.25) is 0 Å². The largest absolute Gasteiger partial charge is 0.490 e. The first-order valence-corrected chi connectivity index (χ1v) is 10.2. The number of oxime groups is 1. The summed E-state index contributed by atoms with van der Waals surface area (Å²) in [6.07, 6.45) is 1.47. The Morgan fingerprint density at radius 3 is 2.56 bits per heavy atom. The molecular weight excluding hydrogens is 411 g/mol. The van der Waals surface area contributed by atoms with E-state index in [0.29, 0.717) is 34.9 Å². The van der Waals surface area contributed by atoms with Gasteiger partial charge in [0.25, 0.3) is 5.91 Å². The number of amides is 1. The maximum atomic E-state index is 13.8. The van der Waals surface area contributed by atoms with E-state index in [0.717, 1.165) is 5.56 Å². The van der Waals surface area contributed by atoms with Crippen LogP contribution in [0.3, 0.4) is 0 Å². The van der Waals surface area contributed by atoms with Crippen LogP contribution >= 0.6 is 0 Å². The maximum Gasteiger partial charge on any atom is 0.265 e. The highest BCUT2D eigenvalue weighted by Gasteiger charge is 2.08. The van der Waals surface area contributed by atoms with Crippen LogP contribution in [-0.4, -0.2) is 25.3 Å². The number of rotatable bonds is 10. The standard InChI is InChI=1S/C25H25FN2O4/c1-3-30-24-14-19(10-13-23(24)31-16-20-6-4-5-7-22(20)26)15-27-32-17-25(29)28-21-11-8-18(2)9-12-21/h4-15H,3,16-17H2,1-2H3,(H,28,29)/b27-15+. The third kappa shape index (κ3) is 6.84. The molecule has 0 aromatic heterocycles. The number of ether oxygens (including phenoxy) is 2. The van der Waals surface area contributed by atoms with Crippen LogP contribution in [0.4, 0.5) is 10.1 Å². The Bertz CT molecular complexity index is 1070. The van der Waals surface area contributed by atoms with E-state index >= 15 is 0 Å². The Morgan fingerprint density at radius 1 is 1.03 bits per heavy atom. The van der Waals surface area contributed by atoms with E-state index in [2.05, 4.69) is 10.5 Å². The predicted molar refractivity (Wildman–Crippen MR) is 122 cm³/mol. The van der Waals surface area contributed by atoms with Gasteiger partial charge in [-0.1, -0.05) is 41.1 Å². The van der Waals surface area contributed by atoms with E-state index in [1.807, 2.05) is 38.1 Å². The Kier molecular flexibility index (Phi) is 8.20. The summed E-state index contributed by atoms with van der Waals surface area (Å²) in [5.74, 6) is 0.367. The third-order valence-corrected chi connectivity index (χ3v) is 4.42. The van der Waals surface area contributed by atoms with Gasteiger partial charge in [-0.2, -0.15) is 0 Å². The van der Waals surface area contributed by atoms with E-state index in [-0.39, 0.29) is 24.9 Å². The molecule has 0 aliphatic rings. The first-order chi connectivity index (χ1) is 15.5. The third-order valence-electron chi connectivity index (χ3n) is 4.42. The Hall–Kier alpha value is -3.87. The second-order valence-electron chi connectivity index (χ2n) is 6.94. The monoisotopic (exact) mass is 436 g/mol. The van der Waals surface area contributed by atoms with Crippen molar-refractivity contribution in [3.05, 3.63) is 89.2 Å². The second kappa shape index (κ2) is 11.5. The molecule has 0 bridgehead atoms.